The SMILES string of the molecule is N#Cc1cccc(NC(=O)c2cccc(CN3CCN(CCO)CC3)c2)c1. The molecule has 6 heteroatoms. The molecule has 0 aliphatic carbocycles. The lowest BCUT2D eigenvalue weighted by Crippen LogP contribution is -2.46. The van der Waals surface area contributed by atoms with Crippen LogP contribution >= 0.6 is 0 Å². The van der Waals surface area contributed by atoms with E-state index in [1.54, 1.807) is 30.3 Å². The van der Waals surface area contributed by atoms with Crippen molar-refractivity contribution in [2.75, 3.05) is 44.6 Å². The highest BCUT2D eigenvalue weighted by Gasteiger charge is 2.17. The van der Waals surface area contributed by atoms with Crippen molar-refractivity contribution in [2.45, 2.75) is 6.54 Å². The Morgan fingerprint density at radius 1 is 1.07 bits per heavy atom. The number of hydrogen-bond acceptors (Lipinski definition) is 5. The summed E-state index contributed by atoms with van der Waals surface area (Å²) in [4.78, 5) is 17.2. The van der Waals surface area contributed by atoms with E-state index in [9.17, 15) is 4.79 Å². The Balaban J connectivity index is 1.60. The molecule has 0 radical (unpaired) electrons. The molecule has 0 saturated carbocycles. The number of aliphatic hydroxyl groups excluding tert-OH is 1. The molecule has 0 unspecified atom stereocenters. The number of β-amino-alcohol motifs (C(OH)–C–C–N with tert-alkyl or cyclic N) is 1. The fourth-order valence-corrected chi connectivity index (χ4v) is 3.25. The summed E-state index contributed by atoms with van der Waals surface area (Å²) < 4.78 is 0. The smallest absolute Gasteiger partial charge is 0.255 e. The Morgan fingerprint density at radius 3 is 2.56 bits per heavy atom. The maximum Gasteiger partial charge on any atom is 0.255 e. The molecule has 2 aromatic carbocycles. The van der Waals surface area contributed by atoms with Gasteiger partial charge in [0.25, 0.3) is 5.91 Å². The van der Waals surface area contributed by atoms with Crippen LogP contribution < -0.4 is 5.32 Å². The predicted molar refractivity (Wildman–Crippen MR) is 104 cm³/mol. The number of carbonyl (C=O) groups excluding carboxylic acids is 1. The Morgan fingerprint density at radius 2 is 1.81 bits per heavy atom. The maximum atomic E-state index is 12.5. The second-order valence-electron chi connectivity index (χ2n) is 6.69. The molecule has 1 saturated heterocycles. The fraction of sp³-hybridized carbons (Fsp3) is 0.333. The number of aliphatic hydroxyl groups is 1. The van der Waals surface area contributed by atoms with E-state index in [4.69, 9.17) is 10.4 Å². The average molecular weight is 364 g/mol. The monoisotopic (exact) mass is 364 g/mol. The van der Waals surface area contributed by atoms with Crippen molar-refractivity contribution in [2.24, 2.45) is 0 Å². The highest BCUT2D eigenvalue weighted by Crippen LogP contribution is 2.14. The summed E-state index contributed by atoms with van der Waals surface area (Å²) in [5.41, 5.74) is 2.84. The summed E-state index contributed by atoms with van der Waals surface area (Å²) in [6.45, 7) is 5.56. The average Bonchev–Trinajstić information content (AvgIpc) is 2.70. The van der Waals surface area contributed by atoms with Gasteiger partial charge in [-0.3, -0.25) is 14.6 Å². The van der Waals surface area contributed by atoms with Gasteiger partial charge in [-0.1, -0.05) is 18.2 Å². The van der Waals surface area contributed by atoms with Gasteiger partial charge in [0.15, 0.2) is 0 Å². The quantitative estimate of drug-likeness (QED) is 0.819. The van der Waals surface area contributed by atoms with Crippen molar-refractivity contribution < 1.29 is 9.90 Å². The van der Waals surface area contributed by atoms with Crippen LogP contribution in [0.2, 0.25) is 0 Å². The van der Waals surface area contributed by atoms with Crippen LogP contribution in [-0.2, 0) is 6.54 Å². The first-order valence-corrected chi connectivity index (χ1v) is 9.14. The van der Waals surface area contributed by atoms with Crippen LogP contribution in [0.4, 0.5) is 5.69 Å². The number of benzene rings is 2. The van der Waals surface area contributed by atoms with E-state index >= 15 is 0 Å². The van der Waals surface area contributed by atoms with Gasteiger partial charge in [-0.05, 0) is 35.9 Å². The summed E-state index contributed by atoms with van der Waals surface area (Å²) in [6.07, 6.45) is 0. The molecule has 1 fully saturated rings. The van der Waals surface area contributed by atoms with E-state index in [0.29, 0.717) is 16.8 Å². The molecule has 1 heterocycles. The van der Waals surface area contributed by atoms with Gasteiger partial charge in [0.1, 0.15) is 0 Å². The van der Waals surface area contributed by atoms with Crippen molar-refractivity contribution in [1.82, 2.24) is 9.80 Å². The van der Waals surface area contributed by atoms with Crippen molar-refractivity contribution >= 4 is 11.6 Å². The first-order valence-electron chi connectivity index (χ1n) is 9.14. The third kappa shape index (κ3) is 5.38. The van der Waals surface area contributed by atoms with E-state index in [2.05, 4.69) is 21.2 Å². The Labute approximate surface area is 159 Å². The van der Waals surface area contributed by atoms with Crippen LogP contribution in [0.15, 0.2) is 48.5 Å². The fourth-order valence-electron chi connectivity index (χ4n) is 3.25. The minimum atomic E-state index is -0.181. The largest absolute Gasteiger partial charge is 0.395 e. The van der Waals surface area contributed by atoms with Gasteiger partial charge in [-0.25, -0.2) is 0 Å². The molecule has 6 nitrogen and oxygen atoms in total. The van der Waals surface area contributed by atoms with Crippen molar-refractivity contribution in [3.8, 4) is 6.07 Å². The van der Waals surface area contributed by atoms with E-state index in [1.807, 2.05) is 18.2 Å². The molecule has 2 N–H and O–H groups in total. The zero-order valence-electron chi connectivity index (χ0n) is 15.3. The summed E-state index contributed by atoms with van der Waals surface area (Å²) in [6, 6.07) is 16.6. The molecule has 27 heavy (non-hydrogen) atoms. The Bertz CT molecular complexity index is 823. The predicted octanol–water partition coefficient (Wildman–Crippen LogP) is 1.92. The molecule has 3 rings (SSSR count). The number of carbonyl (C=O) groups is 1. The molecular weight excluding hydrogens is 340 g/mol. The number of hydrogen-bond donors (Lipinski definition) is 2. The Kier molecular flexibility index (Phi) is 6.55. The lowest BCUT2D eigenvalue weighted by atomic mass is 10.1. The number of anilines is 1. The summed E-state index contributed by atoms with van der Waals surface area (Å²) in [5.74, 6) is -0.181. The summed E-state index contributed by atoms with van der Waals surface area (Å²) in [5, 5.41) is 20.8. The number of amides is 1. The van der Waals surface area contributed by atoms with Crippen LogP contribution in [-0.4, -0.2) is 60.1 Å². The molecule has 2 aromatic rings. The summed E-state index contributed by atoms with van der Waals surface area (Å²) in [7, 11) is 0. The van der Waals surface area contributed by atoms with Gasteiger partial charge in [0.2, 0.25) is 0 Å². The second-order valence-corrected chi connectivity index (χ2v) is 6.69. The standard InChI is InChI=1S/C21H24N4O2/c22-15-17-3-2-6-20(14-17)23-21(27)19-5-1-4-18(13-19)16-25-9-7-24(8-10-25)11-12-26/h1-6,13-14,26H,7-12,16H2,(H,23,27). The normalized spacial score (nSPS) is 15.3. The third-order valence-corrected chi connectivity index (χ3v) is 4.73. The molecule has 0 atom stereocenters. The molecule has 0 bridgehead atoms. The highest BCUT2D eigenvalue weighted by molar-refractivity contribution is 6.04. The molecule has 0 spiro atoms. The number of nitrogens with one attached hydrogen (secondary N) is 1. The number of rotatable bonds is 6. The molecule has 1 amide bonds. The first kappa shape index (κ1) is 19.1. The van der Waals surface area contributed by atoms with Gasteiger partial charge in [0.05, 0.1) is 18.2 Å². The van der Waals surface area contributed by atoms with Gasteiger partial charge < -0.3 is 10.4 Å². The van der Waals surface area contributed by atoms with Crippen molar-refractivity contribution in [3.05, 3.63) is 65.2 Å². The highest BCUT2D eigenvalue weighted by atomic mass is 16.3. The molecule has 1 aliphatic rings. The van der Waals surface area contributed by atoms with Crippen molar-refractivity contribution in [3.63, 3.8) is 0 Å². The number of nitriles is 1. The van der Waals surface area contributed by atoms with Gasteiger partial charge in [0, 0.05) is 50.5 Å². The Hall–Kier alpha value is -2.72. The van der Waals surface area contributed by atoms with E-state index < -0.39 is 0 Å². The van der Waals surface area contributed by atoms with E-state index in [0.717, 1.165) is 44.8 Å². The van der Waals surface area contributed by atoms with Crippen LogP contribution in [0.1, 0.15) is 21.5 Å². The van der Waals surface area contributed by atoms with Crippen LogP contribution in [0.5, 0.6) is 0 Å². The second kappa shape index (κ2) is 9.28. The van der Waals surface area contributed by atoms with Gasteiger partial charge in [-0.2, -0.15) is 5.26 Å². The zero-order valence-corrected chi connectivity index (χ0v) is 15.3. The van der Waals surface area contributed by atoms with Crippen LogP contribution in [0.3, 0.4) is 0 Å². The topological polar surface area (TPSA) is 79.6 Å². The van der Waals surface area contributed by atoms with Crippen LogP contribution in [0.25, 0.3) is 0 Å². The van der Waals surface area contributed by atoms with E-state index in [-0.39, 0.29) is 12.5 Å². The lowest BCUT2D eigenvalue weighted by molar-refractivity contribution is 0.102. The van der Waals surface area contributed by atoms with Gasteiger partial charge in [-0.15, -0.1) is 0 Å². The van der Waals surface area contributed by atoms with Crippen LogP contribution in [0, 0.1) is 11.3 Å². The lowest BCUT2D eigenvalue weighted by Gasteiger charge is -2.34. The van der Waals surface area contributed by atoms with E-state index in [1.165, 1.54) is 0 Å². The molecule has 0 aromatic heterocycles. The first-order chi connectivity index (χ1) is 13.2. The number of piperazine rings is 1. The minimum Gasteiger partial charge on any atom is -0.395 e. The molecule has 1 aliphatic heterocycles. The zero-order chi connectivity index (χ0) is 19.1. The third-order valence-electron chi connectivity index (χ3n) is 4.73. The minimum absolute atomic E-state index is 0.181. The molecular formula is C21H24N4O2. The number of nitrogens with zero attached hydrogens (tertiary/aromatic N) is 3. The summed E-state index contributed by atoms with van der Waals surface area (Å²) >= 11 is 0. The maximum absolute atomic E-state index is 12.5. The van der Waals surface area contributed by atoms with Gasteiger partial charge >= 0.3 is 0 Å². The molecule has 140 valence electrons. The van der Waals surface area contributed by atoms with Crippen molar-refractivity contribution in [1.29, 1.82) is 5.26 Å².